The van der Waals surface area contributed by atoms with Gasteiger partial charge in [0.1, 0.15) is 23.5 Å². The van der Waals surface area contributed by atoms with E-state index in [1.165, 1.54) is 0 Å². The van der Waals surface area contributed by atoms with Gasteiger partial charge < -0.3 is 14.8 Å². The largest absolute Gasteiger partial charge is 0.487 e. The third-order valence-electron chi connectivity index (χ3n) is 3.31. The normalized spacial score (nSPS) is 29.2. The minimum Gasteiger partial charge on any atom is -0.487 e. The van der Waals surface area contributed by atoms with Crippen LogP contribution in [0.2, 0.25) is 0 Å². The fraction of sp³-hybridized carbons (Fsp3) is 0.462. The van der Waals surface area contributed by atoms with Crippen LogP contribution in [-0.4, -0.2) is 18.3 Å². The number of amides is 1. The maximum atomic E-state index is 11.4. The average Bonchev–Trinajstić information content (AvgIpc) is 2.59. The van der Waals surface area contributed by atoms with Crippen LogP contribution in [-0.2, 0) is 10.3 Å². The fourth-order valence-corrected chi connectivity index (χ4v) is 2.80. The molecule has 0 saturated carbocycles. The minimum absolute atomic E-state index is 0.310. The van der Waals surface area contributed by atoms with Gasteiger partial charge in [-0.1, -0.05) is 18.2 Å². The molecule has 3 rings (SSSR count). The molecule has 0 aliphatic carbocycles. The maximum Gasteiger partial charge on any atom is 0.408 e. The average molecular weight is 233 g/mol. The predicted octanol–water partition coefficient (Wildman–Crippen LogP) is 2.18. The summed E-state index contributed by atoms with van der Waals surface area (Å²) in [6.45, 7) is 4.42. The fourth-order valence-electron chi connectivity index (χ4n) is 2.80. The topological polar surface area (TPSA) is 47.6 Å². The molecular weight excluding hydrogens is 218 g/mol. The number of benzene rings is 1. The number of fused-ring (bicyclic) bond motifs is 2. The highest BCUT2D eigenvalue weighted by Crippen LogP contribution is 2.45. The monoisotopic (exact) mass is 233 g/mol. The molecule has 1 atom stereocenters. The molecule has 0 aromatic heterocycles. The van der Waals surface area contributed by atoms with Gasteiger partial charge >= 0.3 is 6.09 Å². The predicted molar refractivity (Wildman–Crippen MR) is 61.9 cm³/mol. The molecule has 1 fully saturated rings. The van der Waals surface area contributed by atoms with Gasteiger partial charge in [0.25, 0.3) is 0 Å². The van der Waals surface area contributed by atoms with Crippen LogP contribution in [0.15, 0.2) is 24.3 Å². The molecule has 1 aromatic rings. The van der Waals surface area contributed by atoms with Crippen molar-refractivity contribution < 1.29 is 14.3 Å². The molecule has 0 bridgehead atoms. The summed E-state index contributed by atoms with van der Waals surface area (Å²) in [6.07, 6.45) is 0.362. The summed E-state index contributed by atoms with van der Waals surface area (Å²) in [5, 5.41) is 2.94. The van der Waals surface area contributed by atoms with Crippen molar-refractivity contribution in [3.63, 3.8) is 0 Å². The number of hydrogen-bond acceptors (Lipinski definition) is 3. The molecule has 2 heterocycles. The zero-order valence-corrected chi connectivity index (χ0v) is 9.95. The van der Waals surface area contributed by atoms with E-state index >= 15 is 0 Å². The van der Waals surface area contributed by atoms with E-state index in [-0.39, 0.29) is 11.7 Å². The number of hydrogen-bond donors (Lipinski definition) is 1. The third kappa shape index (κ3) is 1.55. The second kappa shape index (κ2) is 3.15. The maximum absolute atomic E-state index is 11.4. The van der Waals surface area contributed by atoms with E-state index in [1.54, 1.807) is 0 Å². The van der Waals surface area contributed by atoms with Crippen LogP contribution in [0.3, 0.4) is 0 Å². The van der Waals surface area contributed by atoms with Gasteiger partial charge in [-0.3, -0.25) is 0 Å². The zero-order chi connectivity index (χ0) is 12.1. The Bertz CT molecular complexity index is 483. The Hall–Kier alpha value is -1.71. The van der Waals surface area contributed by atoms with Gasteiger partial charge in [0, 0.05) is 12.0 Å². The standard InChI is InChI=1S/C13H15NO3/c1-12(2)7-13(8-16-11(15)14-13)9-5-3-4-6-10(9)17-12/h3-6H,7-8H2,1-2H3,(H,14,15). The Morgan fingerprint density at radius 3 is 2.76 bits per heavy atom. The van der Waals surface area contributed by atoms with Crippen molar-refractivity contribution >= 4 is 6.09 Å². The van der Waals surface area contributed by atoms with Gasteiger partial charge in [0.2, 0.25) is 0 Å². The first-order valence-corrected chi connectivity index (χ1v) is 5.74. The highest BCUT2D eigenvalue weighted by Gasteiger charge is 2.50. The Labute approximate surface area is 99.9 Å². The van der Waals surface area contributed by atoms with Crippen molar-refractivity contribution in [1.29, 1.82) is 0 Å². The second-order valence-electron chi connectivity index (χ2n) is 5.32. The summed E-state index contributed by atoms with van der Waals surface area (Å²) in [6, 6.07) is 7.81. The molecule has 1 saturated heterocycles. The Kier molecular flexibility index (Phi) is 1.94. The van der Waals surface area contributed by atoms with Crippen LogP contribution in [0.5, 0.6) is 5.75 Å². The number of rotatable bonds is 0. The van der Waals surface area contributed by atoms with Gasteiger partial charge in [-0.05, 0) is 19.9 Å². The van der Waals surface area contributed by atoms with Crippen molar-refractivity contribution in [3.05, 3.63) is 29.8 Å². The van der Waals surface area contributed by atoms with Gasteiger partial charge in [-0.25, -0.2) is 4.79 Å². The quantitative estimate of drug-likeness (QED) is 0.747. The molecule has 1 spiro atoms. The molecule has 1 unspecified atom stereocenters. The Balaban J connectivity index is 2.13. The Morgan fingerprint density at radius 2 is 2.06 bits per heavy atom. The molecule has 4 nitrogen and oxygen atoms in total. The zero-order valence-electron chi connectivity index (χ0n) is 9.95. The SMILES string of the molecule is CC1(C)CC2(COC(=O)N2)c2ccccc2O1. The number of alkyl carbamates (subject to hydrolysis) is 1. The third-order valence-corrected chi connectivity index (χ3v) is 3.31. The smallest absolute Gasteiger partial charge is 0.408 e. The summed E-state index contributed by atoms with van der Waals surface area (Å²) in [5.74, 6) is 0.828. The first kappa shape index (κ1) is 10.4. The lowest BCUT2D eigenvalue weighted by Gasteiger charge is -2.42. The molecule has 17 heavy (non-hydrogen) atoms. The van der Waals surface area contributed by atoms with Gasteiger partial charge in [0.05, 0.1) is 0 Å². The molecule has 1 amide bonds. The molecular formula is C13H15NO3. The summed E-state index contributed by atoms with van der Waals surface area (Å²) in [5.41, 5.74) is 0.260. The van der Waals surface area contributed by atoms with Crippen LogP contribution in [0, 0.1) is 0 Å². The van der Waals surface area contributed by atoms with E-state index < -0.39 is 5.54 Å². The molecule has 1 N–H and O–H groups in total. The van der Waals surface area contributed by atoms with Gasteiger partial charge in [-0.15, -0.1) is 0 Å². The number of nitrogens with one attached hydrogen (secondary N) is 1. The summed E-state index contributed by atoms with van der Waals surface area (Å²) in [4.78, 5) is 11.4. The number of para-hydroxylation sites is 1. The van der Waals surface area contributed by atoms with Crippen LogP contribution in [0.4, 0.5) is 4.79 Å². The first-order chi connectivity index (χ1) is 8.01. The first-order valence-electron chi connectivity index (χ1n) is 5.74. The van der Waals surface area contributed by atoms with Gasteiger partial charge in [0.15, 0.2) is 0 Å². The number of cyclic esters (lactones) is 1. The molecule has 1 aromatic carbocycles. The van der Waals surface area contributed by atoms with Crippen LogP contribution >= 0.6 is 0 Å². The minimum atomic E-state index is -0.435. The van der Waals surface area contributed by atoms with E-state index in [4.69, 9.17) is 9.47 Å². The van der Waals surface area contributed by atoms with Crippen molar-refractivity contribution in [3.8, 4) is 5.75 Å². The molecule has 2 aliphatic heterocycles. The highest BCUT2D eigenvalue weighted by atomic mass is 16.6. The van der Waals surface area contributed by atoms with E-state index in [0.29, 0.717) is 13.0 Å². The Morgan fingerprint density at radius 1 is 1.29 bits per heavy atom. The van der Waals surface area contributed by atoms with Crippen LogP contribution in [0.1, 0.15) is 25.8 Å². The van der Waals surface area contributed by atoms with E-state index in [0.717, 1.165) is 11.3 Å². The summed E-state index contributed by atoms with van der Waals surface area (Å²) < 4.78 is 11.0. The number of ether oxygens (including phenoxy) is 2. The molecule has 2 aliphatic rings. The number of carbonyl (C=O) groups is 1. The number of carbonyl (C=O) groups excluding carboxylic acids is 1. The van der Waals surface area contributed by atoms with E-state index in [1.807, 2.05) is 38.1 Å². The van der Waals surface area contributed by atoms with Crippen molar-refractivity contribution in [2.75, 3.05) is 6.61 Å². The summed E-state index contributed by atoms with van der Waals surface area (Å²) >= 11 is 0. The van der Waals surface area contributed by atoms with Crippen molar-refractivity contribution in [2.45, 2.75) is 31.4 Å². The van der Waals surface area contributed by atoms with Crippen molar-refractivity contribution in [2.24, 2.45) is 0 Å². The highest BCUT2D eigenvalue weighted by molar-refractivity contribution is 5.72. The summed E-state index contributed by atoms with van der Waals surface area (Å²) in [7, 11) is 0. The lowest BCUT2D eigenvalue weighted by Crippen LogP contribution is -2.51. The lowest BCUT2D eigenvalue weighted by molar-refractivity contribution is 0.0345. The molecule has 90 valence electrons. The van der Waals surface area contributed by atoms with Crippen molar-refractivity contribution in [1.82, 2.24) is 5.32 Å². The molecule has 4 heteroatoms. The second-order valence-corrected chi connectivity index (χ2v) is 5.32. The molecule has 0 radical (unpaired) electrons. The van der Waals surface area contributed by atoms with Crippen LogP contribution < -0.4 is 10.1 Å². The lowest BCUT2D eigenvalue weighted by atomic mass is 9.78. The van der Waals surface area contributed by atoms with E-state index in [9.17, 15) is 4.79 Å². The van der Waals surface area contributed by atoms with Crippen LogP contribution in [0.25, 0.3) is 0 Å². The van der Waals surface area contributed by atoms with E-state index in [2.05, 4.69) is 5.32 Å². The van der Waals surface area contributed by atoms with Gasteiger partial charge in [-0.2, -0.15) is 0 Å².